The van der Waals surface area contributed by atoms with Crippen molar-refractivity contribution in [3.63, 3.8) is 0 Å². The van der Waals surface area contributed by atoms with Crippen LogP contribution in [0.3, 0.4) is 0 Å². The molecule has 0 bridgehead atoms. The lowest BCUT2D eigenvalue weighted by Crippen LogP contribution is -2.38. The number of rotatable bonds is 6. The van der Waals surface area contributed by atoms with Crippen LogP contribution in [0.4, 0.5) is 4.39 Å². The van der Waals surface area contributed by atoms with E-state index in [4.69, 9.17) is 4.74 Å². The minimum Gasteiger partial charge on any atom is -0.494 e. The number of piperidine rings is 1. The number of hydrogen-bond acceptors (Lipinski definition) is 3. The Morgan fingerprint density at radius 1 is 1.33 bits per heavy atom. The Bertz CT molecular complexity index is 473. The van der Waals surface area contributed by atoms with E-state index in [9.17, 15) is 9.18 Å². The predicted molar refractivity (Wildman–Crippen MR) is 80.0 cm³/mol. The molecule has 0 saturated carbocycles. The largest absolute Gasteiger partial charge is 0.494 e. The second-order valence-corrected chi connectivity index (χ2v) is 5.40. The fraction of sp³-hybridized carbons (Fsp3) is 0.562. The maximum atomic E-state index is 13.5. The second kappa shape index (κ2) is 7.98. The smallest absolute Gasteiger partial charge is 0.224 e. The van der Waals surface area contributed by atoms with E-state index in [0.717, 1.165) is 19.6 Å². The highest BCUT2D eigenvalue weighted by atomic mass is 19.1. The molecule has 4 nitrogen and oxygen atoms in total. The van der Waals surface area contributed by atoms with E-state index in [1.165, 1.54) is 32.4 Å². The Hall–Kier alpha value is -1.62. The Morgan fingerprint density at radius 2 is 2.10 bits per heavy atom. The van der Waals surface area contributed by atoms with E-state index in [1.54, 1.807) is 12.1 Å². The van der Waals surface area contributed by atoms with Crippen LogP contribution in [-0.4, -0.2) is 44.1 Å². The molecule has 1 aliphatic rings. The van der Waals surface area contributed by atoms with Gasteiger partial charge in [0.15, 0.2) is 11.6 Å². The van der Waals surface area contributed by atoms with Crippen molar-refractivity contribution in [2.75, 3.05) is 33.3 Å². The SMILES string of the molecule is COc1ccc(CC(=O)NCCN2CCCCC2)cc1F. The van der Waals surface area contributed by atoms with Crippen LogP contribution in [-0.2, 0) is 11.2 Å². The zero-order chi connectivity index (χ0) is 15.1. The van der Waals surface area contributed by atoms with E-state index in [2.05, 4.69) is 10.2 Å². The number of carbonyl (C=O) groups excluding carboxylic acids is 1. The van der Waals surface area contributed by atoms with Crippen molar-refractivity contribution in [3.8, 4) is 5.75 Å². The number of amides is 1. The third-order valence-electron chi connectivity index (χ3n) is 3.78. The number of halogens is 1. The number of carbonyl (C=O) groups is 1. The van der Waals surface area contributed by atoms with Crippen LogP contribution >= 0.6 is 0 Å². The van der Waals surface area contributed by atoms with E-state index in [1.807, 2.05) is 0 Å². The van der Waals surface area contributed by atoms with Crippen molar-refractivity contribution in [3.05, 3.63) is 29.6 Å². The van der Waals surface area contributed by atoms with Gasteiger partial charge in [0.2, 0.25) is 5.91 Å². The molecule has 1 aromatic carbocycles. The van der Waals surface area contributed by atoms with Gasteiger partial charge in [-0.2, -0.15) is 0 Å². The fourth-order valence-electron chi connectivity index (χ4n) is 2.60. The highest BCUT2D eigenvalue weighted by molar-refractivity contribution is 5.78. The minimum absolute atomic E-state index is 0.0726. The van der Waals surface area contributed by atoms with E-state index in [0.29, 0.717) is 12.1 Å². The lowest BCUT2D eigenvalue weighted by molar-refractivity contribution is -0.120. The molecule has 1 fully saturated rings. The van der Waals surface area contributed by atoms with Gasteiger partial charge in [-0.15, -0.1) is 0 Å². The predicted octanol–water partition coefficient (Wildman–Crippen LogP) is 1.98. The monoisotopic (exact) mass is 294 g/mol. The number of nitrogens with one attached hydrogen (secondary N) is 1. The first kappa shape index (κ1) is 15.8. The van der Waals surface area contributed by atoms with Gasteiger partial charge in [-0.25, -0.2) is 4.39 Å². The molecule has 1 heterocycles. The molecule has 5 heteroatoms. The summed E-state index contributed by atoms with van der Waals surface area (Å²) in [6.07, 6.45) is 4.00. The topological polar surface area (TPSA) is 41.6 Å². The minimum atomic E-state index is -0.434. The molecule has 1 N–H and O–H groups in total. The summed E-state index contributed by atoms with van der Waals surface area (Å²) in [6, 6.07) is 4.61. The lowest BCUT2D eigenvalue weighted by Gasteiger charge is -2.26. The molecule has 0 aliphatic carbocycles. The second-order valence-electron chi connectivity index (χ2n) is 5.40. The van der Waals surface area contributed by atoms with Crippen LogP contribution in [0.2, 0.25) is 0 Å². The van der Waals surface area contributed by atoms with E-state index < -0.39 is 5.82 Å². The summed E-state index contributed by atoms with van der Waals surface area (Å²) in [5.41, 5.74) is 0.656. The number of hydrogen-bond donors (Lipinski definition) is 1. The van der Waals surface area contributed by atoms with E-state index in [-0.39, 0.29) is 18.1 Å². The summed E-state index contributed by atoms with van der Waals surface area (Å²) >= 11 is 0. The molecule has 2 rings (SSSR count). The quantitative estimate of drug-likeness (QED) is 0.872. The highest BCUT2D eigenvalue weighted by Crippen LogP contribution is 2.17. The number of likely N-dealkylation sites (tertiary alicyclic amines) is 1. The maximum Gasteiger partial charge on any atom is 0.224 e. The molecular weight excluding hydrogens is 271 g/mol. The average Bonchev–Trinajstić information content (AvgIpc) is 2.48. The summed E-state index contributed by atoms with van der Waals surface area (Å²) < 4.78 is 18.4. The van der Waals surface area contributed by atoms with Gasteiger partial charge in [-0.1, -0.05) is 12.5 Å². The molecule has 1 amide bonds. The Labute approximate surface area is 125 Å². The standard InChI is InChI=1S/C16H23FN2O2/c1-21-15-6-5-13(11-14(15)17)12-16(20)18-7-10-19-8-3-2-4-9-19/h5-6,11H,2-4,7-10,12H2,1H3,(H,18,20). The van der Waals surface area contributed by atoms with E-state index >= 15 is 0 Å². The van der Waals surface area contributed by atoms with Crippen molar-refractivity contribution in [2.24, 2.45) is 0 Å². The first-order chi connectivity index (χ1) is 10.2. The molecule has 1 aliphatic heterocycles. The van der Waals surface area contributed by atoms with Gasteiger partial charge in [0.05, 0.1) is 13.5 Å². The first-order valence-corrected chi connectivity index (χ1v) is 7.50. The van der Waals surface area contributed by atoms with Crippen LogP contribution in [0.5, 0.6) is 5.75 Å². The Morgan fingerprint density at radius 3 is 2.76 bits per heavy atom. The summed E-state index contributed by atoms with van der Waals surface area (Å²) in [5, 5.41) is 2.89. The van der Waals surface area contributed by atoms with Gasteiger partial charge in [0.1, 0.15) is 0 Å². The van der Waals surface area contributed by atoms with Gasteiger partial charge in [-0.3, -0.25) is 4.79 Å². The summed E-state index contributed by atoms with van der Waals surface area (Å²) in [7, 11) is 1.42. The van der Waals surface area contributed by atoms with Gasteiger partial charge in [-0.05, 0) is 43.6 Å². The number of methoxy groups -OCH3 is 1. The molecular formula is C16H23FN2O2. The lowest BCUT2D eigenvalue weighted by atomic mass is 10.1. The molecule has 0 aromatic heterocycles. The van der Waals surface area contributed by atoms with Crippen LogP contribution in [0.15, 0.2) is 18.2 Å². The van der Waals surface area contributed by atoms with Crippen molar-refractivity contribution < 1.29 is 13.9 Å². The third kappa shape index (κ3) is 5.01. The fourth-order valence-corrected chi connectivity index (χ4v) is 2.60. The molecule has 116 valence electrons. The zero-order valence-electron chi connectivity index (χ0n) is 12.5. The Kier molecular flexibility index (Phi) is 5.99. The first-order valence-electron chi connectivity index (χ1n) is 7.50. The highest BCUT2D eigenvalue weighted by Gasteiger charge is 2.11. The molecule has 0 spiro atoms. The van der Waals surface area contributed by atoms with Crippen LogP contribution in [0.1, 0.15) is 24.8 Å². The molecule has 0 radical (unpaired) electrons. The summed E-state index contributed by atoms with van der Waals surface area (Å²) in [4.78, 5) is 14.2. The van der Waals surface area contributed by atoms with Gasteiger partial charge in [0, 0.05) is 13.1 Å². The van der Waals surface area contributed by atoms with Crippen molar-refractivity contribution in [1.82, 2.24) is 10.2 Å². The molecule has 1 aromatic rings. The van der Waals surface area contributed by atoms with Crippen LogP contribution < -0.4 is 10.1 Å². The maximum absolute atomic E-state index is 13.5. The van der Waals surface area contributed by atoms with Crippen molar-refractivity contribution in [2.45, 2.75) is 25.7 Å². The van der Waals surface area contributed by atoms with Crippen molar-refractivity contribution >= 4 is 5.91 Å². The zero-order valence-corrected chi connectivity index (χ0v) is 12.5. The molecule has 0 unspecified atom stereocenters. The third-order valence-corrected chi connectivity index (χ3v) is 3.78. The average molecular weight is 294 g/mol. The summed E-state index contributed by atoms with van der Waals surface area (Å²) in [6.45, 7) is 3.79. The number of nitrogens with zero attached hydrogens (tertiary/aromatic N) is 1. The molecule has 21 heavy (non-hydrogen) atoms. The van der Waals surface area contributed by atoms with Gasteiger partial charge < -0.3 is 15.0 Å². The van der Waals surface area contributed by atoms with Crippen LogP contribution in [0, 0.1) is 5.82 Å². The van der Waals surface area contributed by atoms with Crippen LogP contribution in [0.25, 0.3) is 0 Å². The van der Waals surface area contributed by atoms with Gasteiger partial charge in [0.25, 0.3) is 0 Å². The normalized spacial score (nSPS) is 15.7. The van der Waals surface area contributed by atoms with Gasteiger partial charge >= 0.3 is 0 Å². The number of benzene rings is 1. The molecule has 1 saturated heterocycles. The summed E-state index contributed by atoms with van der Waals surface area (Å²) in [5.74, 6) is -0.308. The van der Waals surface area contributed by atoms with Crippen molar-refractivity contribution in [1.29, 1.82) is 0 Å². The Balaban J connectivity index is 1.72. The number of ether oxygens (including phenoxy) is 1. The molecule has 0 atom stereocenters.